The van der Waals surface area contributed by atoms with Crippen LogP contribution in [0.1, 0.15) is 26.3 Å². The molecule has 1 aromatic heterocycles. The van der Waals surface area contributed by atoms with Gasteiger partial charge in [-0.05, 0) is 45.4 Å². The smallest absolute Gasteiger partial charge is 0.421 e. The summed E-state index contributed by atoms with van der Waals surface area (Å²) in [7, 11) is -4.10. The molecule has 0 bridgehead atoms. The van der Waals surface area contributed by atoms with Gasteiger partial charge in [0.25, 0.3) is 10.0 Å². The average Bonchev–Trinajstić information content (AvgIpc) is 2.82. The third-order valence-corrected chi connectivity index (χ3v) is 6.87. The number of carbonyl (C=O) groups excluding carboxylic acids is 1. The Morgan fingerprint density at radius 3 is 2.54 bits per heavy atom. The lowest BCUT2D eigenvalue weighted by Gasteiger charge is -2.19. The minimum Gasteiger partial charge on any atom is -0.491 e. The van der Waals surface area contributed by atoms with E-state index >= 15 is 0 Å². The zero-order chi connectivity index (χ0) is 19.7. The maximum Gasteiger partial charge on any atom is 0.421 e. The predicted molar refractivity (Wildman–Crippen MR) is 104 cm³/mol. The second-order valence-corrected chi connectivity index (χ2v) is 10.1. The summed E-state index contributed by atoms with van der Waals surface area (Å²) in [6.45, 7) is 6.84. The van der Waals surface area contributed by atoms with Gasteiger partial charge >= 0.3 is 6.09 Å². The lowest BCUT2D eigenvalue weighted by Crippen LogP contribution is -2.36. The van der Waals surface area contributed by atoms with Gasteiger partial charge in [0, 0.05) is 10.1 Å². The Morgan fingerprint density at radius 1 is 1.31 bits per heavy atom. The zero-order valence-corrected chi connectivity index (χ0v) is 17.8. The number of alkyl halides is 1. The van der Waals surface area contributed by atoms with E-state index in [0.29, 0.717) is 32.3 Å². The first-order chi connectivity index (χ1) is 12.0. The van der Waals surface area contributed by atoms with Gasteiger partial charge < -0.3 is 9.47 Å². The molecule has 1 N–H and O–H groups in total. The van der Waals surface area contributed by atoms with Crippen LogP contribution in [-0.2, 0) is 14.8 Å². The van der Waals surface area contributed by atoms with Gasteiger partial charge in [-0.1, -0.05) is 11.6 Å². The van der Waals surface area contributed by atoms with E-state index in [2.05, 4.69) is 0 Å². The molecule has 6 nitrogen and oxygen atoms in total. The van der Waals surface area contributed by atoms with Crippen LogP contribution in [0.15, 0.2) is 16.3 Å². The number of carbonyl (C=O) groups is 1. The van der Waals surface area contributed by atoms with Crippen LogP contribution in [0.25, 0.3) is 10.1 Å². The summed E-state index contributed by atoms with van der Waals surface area (Å²) >= 11 is 13.0. The van der Waals surface area contributed by atoms with Gasteiger partial charge in [0.15, 0.2) is 0 Å². The molecule has 0 saturated heterocycles. The molecular weight excluding hydrogens is 421 g/mol. The second-order valence-electron chi connectivity index (χ2n) is 6.41. The van der Waals surface area contributed by atoms with E-state index in [1.807, 2.05) is 4.72 Å². The number of nitrogens with one attached hydrogen (secondary N) is 1. The van der Waals surface area contributed by atoms with Crippen molar-refractivity contribution < 1.29 is 22.7 Å². The highest BCUT2D eigenvalue weighted by atomic mass is 35.5. The van der Waals surface area contributed by atoms with Crippen molar-refractivity contribution in [3.63, 3.8) is 0 Å². The van der Waals surface area contributed by atoms with Crippen molar-refractivity contribution in [1.29, 1.82) is 0 Å². The number of sulfonamides is 1. The Morgan fingerprint density at radius 2 is 1.96 bits per heavy atom. The van der Waals surface area contributed by atoms with Crippen molar-refractivity contribution in [3.05, 3.63) is 22.7 Å². The van der Waals surface area contributed by atoms with Crippen LogP contribution in [-0.4, -0.2) is 32.6 Å². The Balaban J connectivity index is 2.42. The maximum atomic E-state index is 12.6. The molecule has 1 heterocycles. The van der Waals surface area contributed by atoms with E-state index in [1.54, 1.807) is 39.8 Å². The summed E-state index contributed by atoms with van der Waals surface area (Å²) < 4.78 is 38.3. The number of rotatable bonds is 5. The summed E-state index contributed by atoms with van der Waals surface area (Å²) in [4.78, 5) is 11.8. The SMILES string of the molecule is Cc1c(S(=O)(=O)NC(=O)OC(C)(C)C)sc2ccc(OCCCl)c(Cl)c12. The molecule has 26 heavy (non-hydrogen) atoms. The average molecular weight is 440 g/mol. The number of hydrogen-bond donors (Lipinski definition) is 1. The van der Waals surface area contributed by atoms with Gasteiger partial charge in [0.05, 0.1) is 10.9 Å². The lowest BCUT2D eigenvalue weighted by atomic mass is 10.2. The van der Waals surface area contributed by atoms with Gasteiger partial charge in [-0.2, -0.15) is 0 Å². The van der Waals surface area contributed by atoms with Crippen molar-refractivity contribution >= 4 is 60.7 Å². The summed E-state index contributed by atoms with van der Waals surface area (Å²) in [6, 6.07) is 3.37. The summed E-state index contributed by atoms with van der Waals surface area (Å²) in [6.07, 6.45) is -1.04. The second kappa shape index (κ2) is 7.80. The molecule has 0 saturated carbocycles. The largest absolute Gasteiger partial charge is 0.491 e. The molecule has 0 aliphatic carbocycles. The molecule has 144 valence electrons. The maximum absolute atomic E-state index is 12.6. The minimum absolute atomic E-state index is 0.00486. The molecule has 1 aromatic carbocycles. The minimum atomic E-state index is -4.10. The molecule has 0 unspecified atom stereocenters. The number of amides is 1. The highest BCUT2D eigenvalue weighted by Crippen LogP contribution is 2.42. The van der Waals surface area contributed by atoms with E-state index in [-0.39, 0.29) is 10.8 Å². The van der Waals surface area contributed by atoms with Crippen LogP contribution >= 0.6 is 34.5 Å². The monoisotopic (exact) mass is 439 g/mol. The topological polar surface area (TPSA) is 81.7 Å². The highest BCUT2D eigenvalue weighted by Gasteiger charge is 2.28. The van der Waals surface area contributed by atoms with Crippen molar-refractivity contribution in [2.45, 2.75) is 37.5 Å². The Kier molecular flexibility index (Phi) is 6.32. The van der Waals surface area contributed by atoms with Gasteiger partial charge in [-0.3, -0.25) is 0 Å². The molecule has 10 heteroatoms. The first-order valence-electron chi connectivity index (χ1n) is 7.62. The Hall–Kier alpha value is -1.22. The molecule has 0 aliphatic heterocycles. The summed E-state index contributed by atoms with van der Waals surface area (Å²) in [5.74, 6) is 0.723. The molecule has 2 aromatic rings. The van der Waals surface area contributed by atoms with E-state index < -0.39 is 21.7 Å². The molecule has 1 amide bonds. The number of aryl methyl sites for hydroxylation is 1. The molecule has 0 aliphatic rings. The molecule has 0 radical (unpaired) electrons. The van der Waals surface area contributed by atoms with Gasteiger partial charge in [0.2, 0.25) is 0 Å². The third-order valence-electron chi connectivity index (χ3n) is 3.15. The van der Waals surface area contributed by atoms with Gasteiger partial charge in [0.1, 0.15) is 22.2 Å². The number of halogens is 2. The fourth-order valence-electron chi connectivity index (χ4n) is 2.22. The quantitative estimate of drug-likeness (QED) is 0.682. The normalized spacial score (nSPS) is 12.2. The number of thiophene rings is 1. The zero-order valence-electron chi connectivity index (χ0n) is 14.7. The van der Waals surface area contributed by atoms with Crippen LogP contribution < -0.4 is 9.46 Å². The lowest BCUT2D eigenvalue weighted by molar-refractivity contribution is 0.0570. The van der Waals surface area contributed by atoms with E-state index in [1.165, 1.54) is 0 Å². The van der Waals surface area contributed by atoms with Crippen LogP contribution in [0, 0.1) is 6.92 Å². The number of fused-ring (bicyclic) bond motifs is 1. The molecule has 0 atom stereocenters. The molecular formula is C16H19Cl2NO5S2. The van der Waals surface area contributed by atoms with E-state index in [9.17, 15) is 13.2 Å². The third kappa shape index (κ3) is 4.73. The Labute approximate surface area is 166 Å². The van der Waals surface area contributed by atoms with E-state index in [0.717, 1.165) is 11.3 Å². The number of hydrogen-bond acceptors (Lipinski definition) is 6. The summed E-state index contributed by atoms with van der Waals surface area (Å²) in [5.41, 5.74) is -0.380. The van der Waals surface area contributed by atoms with Gasteiger partial charge in [-0.15, -0.1) is 22.9 Å². The van der Waals surface area contributed by atoms with E-state index in [4.69, 9.17) is 32.7 Å². The molecule has 0 fully saturated rings. The van der Waals surface area contributed by atoms with Crippen molar-refractivity contribution in [1.82, 2.24) is 4.72 Å². The van der Waals surface area contributed by atoms with Gasteiger partial charge in [-0.25, -0.2) is 17.9 Å². The first kappa shape index (κ1) is 21.1. The first-order valence-corrected chi connectivity index (χ1v) is 10.8. The molecule has 0 spiro atoms. The highest BCUT2D eigenvalue weighted by molar-refractivity contribution is 7.92. The fraction of sp³-hybridized carbons (Fsp3) is 0.438. The number of benzene rings is 1. The standard InChI is InChI=1S/C16H19Cl2NO5S2/c1-9-12-11(6-5-10(13(12)18)23-8-7-17)25-14(9)26(21,22)19-15(20)24-16(2,3)4/h5-6H,7-8H2,1-4H3,(H,19,20). The molecule has 2 rings (SSSR count). The Bertz CT molecular complexity index is 932. The van der Waals surface area contributed by atoms with Crippen LogP contribution in [0.3, 0.4) is 0 Å². The van der Waals surface area contributed by atoms with Crippen molar-refractivity contribution in [2.24, 2.45) is 0 Å². The van der Waals surface area contributed by atoms with Crippen LogP contribution in [0.4, 0.5) is 4.79 Å². The van der Waals surface area contributed by atoms with Crippen LogP contribution in [0.5, 0.6) is 5.75 Å². The number of ether oxygens (including phenoxy) is 2. The summed E-state index contributed by atoms with van der Waals surface area (Å²) in [5, 5.41) is 0.869. The fourth-order valence-corrected chi connectivity index (χ4v) is 5.36. The van der Waals surface area contributed by atoms with Crippen molar-refractivity contribution in [3.8, 4) is 5.75 Å². The van der Waals surface area contributed by atoms with Crippen molar-refractivity contribution in [2.75, 3.05) is 12.5 Å². The van der Waals surface area contributed by atoms with Crippen LogP contribution in [0.2, 0.25) is 5.02 Å². The predicted octanol–water partition coefficient (Wildman–Crippen LogP) is 4.69.